The van der Waals surface area contributed by atoms with Gasteiger partial charge in [0.25, 0.3) is 0 Å². The second kappa shape index (κ2) is 12.6. The van der Waals surface area contributed by atoms with Crippen LogP contribution in [0.15, 0.2) is 70.4 Å². The number of thiophene rings is 6. The molecule has 0 aliphatic heterocycles. The van der Waals surface area contributed by atoms with Crippen molar-refractivity contribution in [2.45, 2.75) is 79.1 Å². The van der Waals surface area contributed by atoms with Gasteiger partial charge >= 0.3 is 0 Å². The largest absolute Gasteiger partial charge is 0.143 e. The van der Waals surface area contributed by atoms with Crippen molar-refractivity contribution in [3.8, 4) is 40.4 Å². The fourth-order valence-corrected chi connectivity index (χ4v) is 14.7. The van der Waals surface area contributed by atoms with Crippen LogP contribution in [0.4, 0.5) is 0 Å². The minimum Gasteiger partial charge on any atom is -0.143 e. The number of hydrogen-bond donors (Lipinski definition) is 0. The molecule has 2 aliphatic carbocycles. The third-order valence-corrected chi connectivity index (χ3v) is 16.8. The Morgan fingerprint density at radius 3 is 1.19 bits per heavy atom. The van der Waals surface area contributed by atoms with Gasteiger partial charge in [0.15, 0.2) is 0 Å². The summed E-state index contributed by atoms with van der Waals surface area (Å²) in [6, 6.07) is 19.8. The van der Waals surface area contributed by atoms with Crippen molar-refractivity contribution >= 4 is 98.0 Å². The van der Waals surface area contributed by atoms with Crippen LogP contribution in [0.5, 0.6) is 0 Å². The zero-order valence-electron chi connectivity index (χ0n) is 27.9. The molecule has 2 aliphatic rings. The van der Waals surface area contributed by atoms with E-state index < -0.39 is 0 Å². The zero-order valence-corrected chi connectivity index (χ0v) is 32.8. The molecule has 0 unspecified atom stereocenters. The molecule has 0 saturated carbocycles. The first-order chi connectivity index (χ1) is 23.6. The molecule has 48 heavy (non-hydrogen) atoms. The summed E-state index contributed by atoms with van der Waals surface area (Å²) in [5.41, 5.74) is 15.3. The molecule has 9 rings (SSSR count). The lowest BCUT2D eigenvalue weighted by Gasteiger charge is -2.15. The van der Waals surface area contributed by atoms with Gasteiger partial charge in [0, 0.05) is 70.3 Å². The molecule has 0 radical (unpaired) electrons. The third kappa shape index (κ3) is 4.97. The highest BCUT2D eigenvalue weighted by molar-refractivity contribution is 7.32. The first kappa shape index (κ1) is 31.4. The Labute approximate surface area is 307 Å². The van der Waals surface area contributed by atoms with E-state index in [0.717, 1.165) is 0 Å². The Morgan fingerprint density at radius 2 is 0.812 bits per heavy atom. The van der Waals surface area contributed by atoms with E-state index in [-0.39, 0.29) is 0 Å². The molecule has 0 atom stereocenters. The van der Waals surface area contributed by atoms with Crippen LogP contribution in [-0.2, 0) is 0 Å². The number of hydrogen-bond acceptors (Lipinski definition) is 6. The summed E-state index contributed by atoms with van der Waals surface area (Å²) in [6.45, 7) is 9.39. The van der Waals surface area contributed by atoms with Crippen molar-refractivity contribution in [2.24, 2.45) is 0 Å². The molecule has 0 saturated heterocycles. The van der Waals surface area contributed by atoms with Crippen molar-refractivity contribution in [1.29, 1.82) is 0 Å². The van der Waals surface area contributed by atoms with Crippen LogP contribution in [0.25, 0.3) is 70.3 Å². The molecule has 6 aromatic heterocycles. The summed E-state index contributed by atoms with van der Waals surface area (Å²) in [6.07, 6.45) is 9.44. The fourth-order valence-electron chi connectivity index (χ4n) is 7.97. The van der Waals surface area contributed by atoms with Crippen LogP contribution in [0.2, 0.25) is 0 Å². The molecular weight excluding hydrogens is 697 g/mol. The number of benzene rings is 1. The summed E-state index contributed by atoms with van der Waals surface area (Å²) < 4.78 is 5.66. The maximum Gasteiger partial charge on any atom is 0.0464 e. The minimum absolute atomic E-state index is 1.17. The molecule has 0 spiro atoms. The van der Waals surface area contributed by atoms with Crippen molar-refractivity contribution in [3.63, 3.8) is 0 Å². The predicted molar refractivity (Wildman–Crippen MR) is 222 cm³/mol. The van der Waals surface area contributed by atoms with Gasteiger partial charge in [-0.05, 0) is 107 Å². The second-order valence-electron chi connectivity index (χ2n) is 13.1. The molecule has 0 N–H and O–H groups in total. The van der Waals surface area contributed by atoms with E-state index in [0.29, 0.717) is 0 Å². The zero-order chi connectivity index (χ0) is 32.5. The summed E-state index contributed by atoms with van der Waals surface area (Å²) in [4.78, 5) is 8.67. The van der Waals surface area contributed by atoms with Crippen LogP contribution >= 0.6 is 68.0 Å². The molecule has 0 nitrogen and oxygen atoms in total. The van der Waals surface area contributed by atoms with E-state index in [4.69, 9.17) is 0 Å². The Morgan fingerprint density at radius 1 is 0.417 bits per heavy atom. The summed E-state index contributed by atoms with van der Waals surface area (Å²) in [5.74, 6) is 0. The highest BCUT2D eigenvalue weighted by Crippen LogP contribution is 2.60. The van der Waals surface area contributed by atoms with Gasteiger partial charge in [-0.2, -0.15) is 0 Å². The normalized spacial score (nSPS) is 13.2. The minimum atomic E-state index is 1.17. The van der Waals surface area contributed by atoms with E-state index in [1.54, 1.807) is 22.3 Å². The topological polar surface area (TPSA) is 0 Å². The van der Waals surface area contributed by atoms with Crippen molar-refractivity contribution in [2.75, 3.05) is 0 Å². The van der Waals surface area contributed by atoms with E-state index in [9.17, 15) is 0 Å². The van der Waals surface area contributed by atoms with E-state index in [2.05, 4.69) is 87.0 Å². The summed E-state index contributed by atoms with van der Waals surface area (Å²) in [5, 5.41) is 4.44. The molecule has 1 aromatic carbocycles. The fraction of sp³-hybridized carbons (Fsp3) is 0.286. The summed E-state index contributed by atoms with van der Waals surface area (Å²) in [7, 11) is 0. The van der Waals surface area contributed by atoms with Gasteiger partial charge in [-0.1, -0.05) is 64.5 Å². The van der Waals surface area contributed by atoms with Gasteiger partial charge in [0.05, 0.1) is 0 Å². The quantitative estimate of drug-likeness (QED) is 0.131. The van der Waals surface area contributed by atoms with Crippen LogP contribution < -0.4 is 0 Å². The molecular formula is C42H38S6. The molecule has 6 heteroatoms. The van der Waals surface area contributed by atoms with E-state index >= 15 is 0 Å². The number of rotatable bonds is 10. The monoisotopic (exact) mass is 734 g/mol. The van der Waals surface area contributed by atoms with Gasteiger partial charge in [0.2, 0.25) is 0 Å². The third-order valence-electron chi connectivity index (χ3n) is 9.87. The second-order valence-corrected chi connectivity index (χ2v) is 19.3. The average molecular weight is 735 g/mol. The highest BCUT2D eigenvalue weighted by atomic mass is 32.1. The number of allylic oxidation sites excluding steroid dienone is 2. The van der Waals surface area contributed by atoms with E-state index in [1.807, 2.05) is 68.0 Å². The Balaban J connectivity index is 1.28. The Bertz CT molecular complexity index is 2160. The average Bonchev–Trinajstić information content (AvgIpc) is 3.90. The smallest absolute Gasteiger partial charge is 0.0464 e. The lowest BCUT2D eigenvalue weighted by molar-refractivity contribution is 0.806. The van der Waals surface area contributed by atoms with Crippen LogP contribution in [0.3, 0.4) is 0 Å². The molecule has 7 aromatic rings. The lowest BCUT2D eigenvalue weighted by Crippen LogP contribution is -1.94. The maximum atomic E-state index is 2.63. The first-order valence-corrected chi connectivity index (χ1v) is 22.5. The molecule has 0 fully saturated rings. The lowest BCUT2D eigenvalue weighted by atomic mass is 9.89. The van der Waals surface area contributed by atoms with Gasteiger partial charge in [-0.25, -0.2) is 0 Å². The maximum absolute atomic E-state index is 2.63. The van der Waals surface area contributed by atoms with Crippen molar-refractivity contribution in [3.05, 3.63) is 92.7 Å². The molecule has 6 heterocycles. The summed E-state index contributed by atoms with van der Waals surface area (Å²) >= 11 is 11.7. The van der Waals surface area contributed by atoms with Crippen LogP contribution in [0, 0.1) is 0 Å². The SMILES string of the molecule is CCCC(CCC)=C1c2cc3c(cc2-c2sc(-c4cc5sccc5s4)cc21)C(=C(CCC)CCC)c1cc(-c2cc4sccc4s2)sc1-3. The standard InChI is InChI=1S/C42H38S6/c1-5-9-23(10-6-2)39-25-17-28-26(18-27(25)41-29(39)19-35(47-41)37-21-33-31(45-37)13-15-43-33)40(24(11-7-3)12-8-4)30-20-36(48-42(28)30)38-22-34-32(46-38)14-16-44-34/h13-22H,5-12H2,1-4H3. The highest BCUT2D eigenvalue weighted by Gasteiger charge is 2.35. The Hall–Kier alpha value is -2.58. The molecule has 242 valence electrons. The van der Waals surface area contributed by atoms with Crippen LogP contribution in [0.1, 0.15) is 101 Å². The van der Waals surface area contributed by atoms with Crippen molar-refractivity contribution in [1.82, 2.24) is 0 Å². The van der Waals surface area contributed by atoms with Gasteiger partial charge in [-0.15, -0.1) is 68.0 Å². The van der Waals surface area contributed by atoms with Gasteiger partial charge in [-0.3, -0.25) is 0 Å². The first-order valence-electron chi connectivity index (χ1n) is 17.5. The predicted octanol–water partition coefficient (Wildman–Crippen LogP) is 16.5. The van der Waals surface area contributed by atoms with Gasteiger partial charge in [0.1, 0.15) is 0 Å². The van der Waals surface area contributed by atoms with Gasteiger partial charge < -0.3 is 0 Å². The van der Waals surface area contributed by atoms with E-state index in [1.165, 1.54) is 133 Å². The molecule has 0 amide bonds. The number of fused-ring (bicyclic) bond motifs is 8. The van der Waals surface area contributed by atoms with Crippen molar-refractivity contribution < 1.29 is 0 Å². The Kier molecular flexibility index (Phi) is 8.27. The molecule has 0 bridgehead atoms. The van der Waals surface area contributed by atoms with Crippen LogP contribution in [-0.4, -0.2) is 0 Å².